The molecule has 0 aromatic heterocycles. The van der Waals surface area contributed by atoms with Crippen LogP contribution in [0.5, 0.6) is 0 Å². The third-order valence-corrected chi connectivity index (χ3v) is 4.13. The normalized spacial score (nSPS) is 17.8. The molecule has 3 heteroatoms. The van der Waals surface area contributed by atoms with Gasteiger partial charge in [-0.3, -0.25) is 4.90 Å². The fraction of sp³-hybridized carbons (Fsp3) is 0.625. The third-order valence-electron chi connectivity index (χ3n) is 3.80. The summed E-state index contributed by atoms with van der Waals surface area (Å²) in [5, 5.41) is 0.941. The molecule has 1 aliphatic heterocycles. The van der Waals surface area contributed by atoms with Crippen LogP contribution in [0.3, 0.4) is 0 Å². The molecule has 1 saturated heterocycles. The summed E-state index contributed by atoms with van der Waals surface area (Å²) in [5.41, 5.74) is 2.85. The predicted molar refractivity (Wildman–Crippen MR) is 83.9 cm³/mol. The van der Waals surface area contributed by atoms with Gasteiger partial charge in [-0.15, -0.1) is 0 Å². The van der Waals surface area contributed by atoms with Crippen LogP contribution in [0.1, 0.15) is 30.9 Å². The third kappa shape index (κ3) is 4.90. The van der Waals surface area contributed by atoms with Crippen LogP contribution in [-0.2, 0) is 17.7 Å². The Bertz CT molecular complexity index is 358. The van der Waals surface area contributed by atoms with Crippen LogP contribution in [0, 0.1) is 0 Å². The zero-order valence-electron chi connectivity index (χ0n) is 11.8. The van der Waals surface area contributed by atoms with E-state index in [9.17, 15) is 0 Å². The minimum atomic E-state index is 0.469. The molecule has 0 atom stereocenters. The van der Waals surface area contributed by atoms with E-state index in [4.69, 9.17) is 4.74 Å². The second kappa shape index (κ2) is 8.03. The van der Waals surface area contributed by atoms with E-state index in [2.05, 4.69) is 52.0 Å². The van der Waals surface area contributed by atoms with Crippen molar-refractivity contribution >= 4 is 15.9 Å². The standard InChI is InChI=1S/C16H24BrNO/c1-2-14-3-5-15(6-4-14)13-18-10-7-16(8-11-18)19-12-9-17/h3-6,16H,2,7-13H2,1H3. The van der Waals surface area contributed by atoms with Crippen molar-refractivity contribution in [2.75, 3.05) is 25.0 Å². The van der Waals surface area contributed by atoms with Gasteiger partial charge in [0, 0.05) is 25.0 Å². The first-order chi connectivity index (χ1) is 9.31. The van der Waals surface area contributed by atoms with Gasteiger partial charge in [-0.2, -0.15) is 0 Å². The van der Waals surface area contributed by atoms with E-state index in [-0.39, 0.29) is 0 Å². The molecular formula is C16H24BrNO. The highest BCUT2D eigenvalue weighted by molar-refractivity contribution is 9.09. The van der Waals surface area contributed by atoms with Crippen LogP contribution in [0.4, 0.5) is 0 Å². The molecule has 0 amide bonds. The molecule has 0 radical (unpaired) electrons. The number of nitrogens with zero attached hydrogens (tertiary/aromatic N) is 1. The van der Waals surface area contributed by atoms with Crippen molar-refractivity contribution < 1.29 is 4.74 Å². The van der Waals surface area contributed by atoms with Crippen LogP contribution in [-0.4, -0.2) is 36.0 Å². The van der Waals surface area contributed by atoms with Gasteiger partial charge >= 0.3 is 0 Å². The lowest BCUT2D eigenvalue weighted by atomic mass is 10.1. The molecule has 0 N–H and O–H groups in total. The number of benzene rings is 1. The van der Waals surface area contributed by atoms with Gasteiger partial charge in [0.15, 0.2) is 0 Å². The number of hydrogen-bond donors (Lipinski definition) is 0. The summed E-state index contributed by atoms with van der Waals surface area (Å²) in [6.45, 7) is 6.43. The van der Waals surface area contributed by atoms with Crippen LogP contribution in [0.2, 0.25) is 0 Å². The summed E-state index contributed by atoms with van der Waals surface area (Å²) < 4.78 is 5.79. The highest BCUT2D eigenvalue weighted by Gasteiger charge is 2.19. The van der Waals surface area contributed by atoms with E-state index in [1.54, 1.807) is 0 Å². The van der Waals surface area contributed by atoms with E-state index in [0.29, 0.717) is 6.10 Å². The van der Waals surface area contributed by atoms with Crippen LogP contribution in [0.15, 0.2) is 24.3 Å². The summed E-state index contributed by atoms with van der Waals surface area (Å²) in [7, 11) is 0. The largest absolute Gasteiger partial charge is 0.377 e. The Balaban J connectivity index is 1.75. The molecule has 2 rings (SSSR count). The van der Waals surface area contributed by atoms with Crippen molar-refractivity contribution in [3.05, 3.63) is 35.4 Å². The van der Waals surface area contributed by atoms with Crippen LogP contribution < -0.4 is 0 Å². The summed E-state index contributed by atoms with van der Waals surface area (Å²) in [5.74, 6) is 0. The maximum Gasteiger partial charge on any atom is 0.0599 e. The van der Waals surface area contributed by atoms with Gasteiger partial charge in [0.25, 0.3) is 0 Å². The quantitative estimate of drug-likeness (QED) is 0.740. The first-order valence-corrected chi connectivity index (χ1v) is 8.41. The Morgan fingerprint density at radius 2 is 1.79 bits per heavy atom. The molecule has 0 saturated carbocycles. The van der Waals surface area contributed by atoms with E-state index in [1.165, 1.54) is 24.0 Å². The van der Waals surface area contributed by atoms with Crippen molar-refractivity contribution in [2.45, 2.75) is 38.8 Å². The van der Waals surface area contributed by atoms with Crippen molar-refractivity contribution in [1.82, 2.24) is 4.90 Å². The highest BCUT2D eigenvalue weighted by atomic mass is 79.9. The monoisotopic (exact) mass is 325 g/mol. The van der Waals surface area contributed by atoms with Gasteiger partial charge in [0.2, 0.25) is 0 Å². The second-order valence-corrected chi connectivity index (χ2v) is 6.00. The van der Waals surface area contributed by atoms with E-state index >= 15 is 0 Å². The Morgan fingerprint density at radius 3 is 2.37 bits per heavy atom. The number of piperidine rings is 1. The Hall–Kier alpha value is -0.380. The van der Waals surface area contributed by atoms with E-state index in [1.807, 2.05) is 0 Å². The van der Waals surface area contributed by atoms with Gasteiger partial charge in [-0.1, -0.05) is 47.1 Å². The van der Waals surface area contributed by atoms with E-state index < -0.39 is 0 Å². The molecule has 0 spiro atoms. The number of rotatable bonds is 6. The maximum absolute atomic E-state index is 5.79. The SMILES string of the molecule is CCc1ccc(CN2CCC(OCCBr)CC2)cc1. The van der Waals surface area contributed by atoms with Crippen molar-refractivity contribution in [2.24, 2.45) is 0 Å². The molecule has 1 aromatic rings. The lowest BCUT2D eigenvalue weighted by Gasteiger charge is -2.31. The number of ether oxygens (including phenoxy) is 1. The fourth-order valence-corrected chi connectivity index (χ4v) is 2.77. The number of hydrogen-bond acceptors (Lipinski definition) is 2. The van der Waals surface area contributed by atoms with Crippen molar-refractivity contribution in [3.63, 3.8) is 0 Å². The molecule has 1 aliphatic rings. The zero-order chi connectivity index (χ0) is 13.5. The summed E-state index contributed by atoms with van der Waals surface area (Å²) >= 11 is 3.41. The topological polar surface area (TPSA) is 12.5 Å². The van der Waals surface area contributed by atoms with Crippen molar-refractivity contribution in [1.29, 1.82) is 0 Å². The second-order valence-electron chi connectivity index (χ2n) is 5.21. The molecule has 19 heavy (non-hydrogen) atoms. The van der Waals surface area contributed by atoms with Gasteiger partial charge < -0.3 is 4.74 Å². The smallest absolute Gasteiger partial charge is 0.0599 e. The number of halogens is 1. The lowest BCUT2D eigenvalue weighted by molar-refractivity contribution is 0.0141. The minimum absolute atomic E-state index is 0.469. The molecule has 1 fully saturated rings. The molecule has 1 aromatic carbocycles. The lowest BCUT2D eigenvalue weighted by Crippen LogP contribution is -2.36. The van der Waals surface area contributed by atoms with Gasteiger partial charge in [0.1, 0.15) is 0 Å². The molecule has 1 heterocycles. The summed E-state index contributed by atoms with van der Waals surface area (Å²) in [6, 6.07) is 9.04. The average Bonchev–Trinajstić information content (AvgIpc) is 2.47. The first kappa shape index (κ1) is 15.0. The van der Waals surface area contributed by atoms with Crippen molar-refractivity contribution in [3.8, 4) is 0 Å². The Kier molecular flexibility index (Phi) is 6.35. The van der Waals surface area contributed by atoms with Gasteiger partial charge in [-0.05, 0) is 30.4 Å². The number of aryl methyl sites for hydroxylation is 1. The first-order valence-electron chi connectivity index (χ1n) is 7.29. The predicted octanol–water partition coefficient (Wildman–Crippen LogP) is 3.62. The Morgan fingerprint density at radius 1 is 1.16 bits per heavy atom. The van der Waals surface area contributed by atoms with Crippen LogP contribution >= 0.6 is 15.9 Å². The van der Waals surface area contributed by atoms with Gasteiger partial charge in [-0.25, -0.2) is 0 Å². The number of alkyl halides is 1. The fourth-order valence-electron chi connectivity index (χ4n) is 2.58. The molecular weight excluding hydrogens is 302 g/mol. The minimum Gasteiger partial charge on any atom is -0.377 e. The Labute approximate surface area is 125 Å². The molecule has 0 bridgehead atoms. The van der Waals surface area contributed by atoms with E-state index in [0.717, 1.165) is 38.0 Å². The summed E-state index contributed by atoms with van der Waals surface area (Å²) in [6.07, 6.45) is 3.92. The molecule has 2 nitrogen and oxygen atoms in total. The molecule has 106 valence electrons. The zero-order valence-corrected chi connectivity index (χ0v) is 13.4. The number of likely N-dealkylation sites (tertiary alicyclic amines) is 1. The highest BCUT2D eigenvalue weighted by Crippen LogP contribution is 2.16. The van der Waals surface area contributed by atoms with Gasteiger partial charge in [0.05, 0.1) is 12.7 Å². The molecule has 0 unspecified atom stereocenters. The maximum atomic E-state index is 5.79. The summed E-state index contributed by atoms with van der Waals surface area (Å²) in [4.78, 5) is 2.54. The molecule has 0 aliphatic carbocycles. The average molecular weight is 326 g/mol. The van der Waals surface area contributed by atoms with Crippen LogP contribution in [0.25, 0.3) is 0 Å².